The van der Waals surface area contributed by atoms with Gasteiger partial charge in [-0.05, 0) is 26.2 Å². The lowest BCUT2D eigenvalue weighted by atomic mass is 10.1. The number of rotatable bonds is 8. The van der Waals surface area contributed by atoms with Crippen LogP contribution in [0.25, 0.3) is 0 Å². The number of carboxylic acid groups (broad SMARTS) is 1. The monoisotopic (exact) mass is 264 g/mol. The maximum atomic E-state index is 10.7. The molecule has 0 heterocycles. The number of methoxy groups -OCH3 is 1. The fourth-order valence-electron chi connectivity index (χ4n) is 1.57. The number of allylic oxidation sites excluding steroid dienone is 4. The van der Waals surface area contributed by atoms with Crippen molar-refractivity contribution in [1.29, 1.82) is 0 Å². The Morgan fingerprint density at radius 2 is 2.00 bits per heavy atom. The molecule has 0 saturated carbocycles. The minimum atomic E-state index is -0.877. The Labute approximate surface area is 116 Å². The van der Waals surface area contributed by atoms with Crippen LogP contribution in [0.15, 0.2) is 48.1 Å². The number of carboxylic acids is 1. The van der Waals surface area contributed by atoms with Crippen LogP contribution in [0.2, 0.25) is 0 Å². The Kier molecular flexibility index (Phi) is 8.55. The number of carbonyl (C=O) groups is 1. The van der Waals surface area contributed by atoms with Gasteiger partial charge in [-0.3, -0.25) is 0 Å². The van der Waals surface area contributed by atoms with Crippen LogP contribution >= 0.6 is 0 Å². The molecular weight excluding hydrogens is 240 g/mol. The van der Waals surface area contributed by atoms with Crippen LogP contribution in [0, 0.1) is 5.92 Å². The van der Waals surface area contributed by atoms with E-state index < -0.39 is 5.97 Å². The average molecular weight is 264 g/mol. The first kappa shape index (κ1) is 17.4. The van der Waals surface area contributed by atoms with Gasteiger partial charge >= 0.3 is 5.97 Å². The molecule has 0 rings (SSSR count). The molecule has 0 aromatic rings. The summed E-state index contributed by atoms with van der Waals surface area (Å²) in [6.45, 7) is 9.23. The lowest BCUT2D eigenvalue weighted by Gasteiger charge is -2.08. The van der Waals surface area contributed by atoms with Crippen LogP contribution in [0.5, 0.6) is 0 Å². The van der Waals surface area contributed by atoms with E-state index in [1.165, 1.54) is 0 Å². The van der Waals surface area contributed by atoms with E-state index in [0.717, 1.165) is 12.0 Å². The van der Waals surface area contributed by atoms with Crippen LogP contribution < -0.4 is 0 Å². The van der Waals surface area contributed by atoms with Crippen molar-refractivity contribution in [1.82, 2.24) is 0 Å². The molecule has 0 aliphatic heterocycles. The Bertz CT molecular complexity index is 389. The van der Waals surface area contributed by atoms with Gasteiger partial charge in [-0.25, -0.2) is 4.79 Å². The normalized spacial score (nSPS) is 16.4. The van der Waals surface area contributed by atoms with E-state index in [9.17, 15) is 4.79 Å². The summed E-state index contributed by atoms with van der Waals surface area (Å²) in [4.78, 5) is 10.7. The van der Waals surface area contributed by atoms with Gasteiger partial charge in [0, 0.05) is 12.7 Å². The molecule has 3 nitrogen and oxygen atoms in total. The summed E-state index contributed by atoms with van der Waals surface area (Å²) in [5.41, 5.74) is 1.45. The van der Waals surface area contributed by atoms with Crippen molar-refractivity contribution in [2.75, 3.05) is 7.11 Å². The van der Waals surface area contributed by atoms with Crippen LogP contribution in [0.1, 0.15) is 27.2 Å². The van der Waals surface area contributed by atoms with E-state index >= 15 is 0 Å². The summed E-state index contributed by atoms with van der Waals surface area (Å²) >= 11 is 0. The Morgan fingerprint density at radius 3 is 2.47 bits per heavy atom. The van der Waals surface area contributed by atoms with Gasteiger partial charge in [0.05, 0.1) is 6.10 Å². The molecule has 3 heteroatoms. The molecule has 0 aromatic heterocycles. The second-order valence-electron chi connectivity index (χ2n) is 4.58. The molecule has 19 heavy (non-hydrogen) atoms. The summed E-state index contributed by atoms with van der Waals surface area (Å²) in [5, 5.41) is 8.79. The predicted octanol–water partition coefficient (Wildman–Crippen LogP) is 3.75. The molecule has 0 radical (unpaired) electrons. The van der Waals surface area contributed by atoms with Gasteiger partial charge in [0.2, 0.25) is 0 Å². The quantitative estimate of drug-likeness (QED) is 0.412. The van der Waals surface area contributed by atoms with Crippen LogP contribution in [0.3, 0.4) is 0 Å². The van der Waals surface area contributed by atoms with Crippen molar-refractivity contribution in [2.24, 2.45) is 5.92 Å². The number of ether oxygens (including phenoxy) is 1. The van der Waals surface area contributed by atoms with E-state index in [4.69, 9.17) is 9.84 Å². The molecule has 0 bridgehead atoms. The third kappa shape index (κ3) is 8.16. The highest BCUT2D eigenvalue weighted by Gasteiger charge is 2.02. The van der Waals surface area contributed by atoms with Crippen molar-refractivity contribution in [2.45, 2.75) is 33.3 Å². The Hall–Kier alpha value is -1.61. The number of hydrogen-bond donors (Lipinski definition) is 1. The second-order valence-corrected chi connectivity index (χ2v) is 4.58. The van der Waals surface area contributed by atoms with Crippen molar-refractivity contribution in [3.63, 3.8) is 0 Å². The van der Waals surface area contributed by atoms with Crippen molar-refractivity contribution < 1.29 is 14.6 Å². The molecule has 1 N–H and O–H groups in total. The molecule has 0 saturated heterocycles. The van der Waals surface area contributed by atoms with Gasteiger partial charge in [0.25, 0.3) is 0 Å². The lowest BCUT2D eigenvalue weighted by Crippen LogP contribution is -2.05. The first-order valence-corrected chi connectivity index (χ1v) is 6.32. The van der Waals surface area contributed by atoms with Gasteiger partial charge in [0.1, 0.15) is 0 Å². The highest BCUT2D eigenvalue weighted by atomic mass is 16.5. The first-order chi connectivity index (χ1) is 8.90. The van der Waals surface area contributed by atoms with Crippen LogP contribution in [0.4, 0.5) is 0 Å². The third-order valence-corrected chi connectivity index (χ3v) is 2.66. The molecular formula is C16H24O3. The number of aliphatic carboxylic acids is 1. The van der Waals surface area contributed by atoms with Crippen molar-refractivity contribution in [3.8, 4) is 0 Å². The Morgan fingerprint density at radius 1 is 1.37 bits per heavy atom. The molecule has 2 atom stereocenters. The van der Waals surface area contributed by atoms with Crippen molar-refractivity contribution >= 4 is 5.97 Å². The van der Waals surface area contributed by atoms with E-state index in [-0.39, 0.29) is 12.0 Å². The van der Waals surface area contributed by atoms with Gasteiger partial charge in [-0.1, -0.05) is 42.9 Å². The molecule has 0 aliphatic carbocycles. The van der Waals surface area contributed by atoms with Gasteiger partial charge in [0.15, 0.2) is 0 Å². The smallest absolute Gasteiger partial charge is 0.330 e. The molecule has 0 spiro atoms. The van der Waals surface area contributed by atoms with Crippen molar-refractivity contribution in [3.05, 3.63) is 48.1 Å². The zero-order valence-electron chi connectivity index (χ0n) is 12.2. The maximum Gasteiger partial charge on any atom is 0.330 e. The average Bonchev–Trinajstić information content (AvgIpc) is 2.35. The molecule has 0 unspecified atom stereocenters. The molecule has 0 aliphatic rings. The maximum absolute atomic E-state index is 10.7. The second kappa shape index (κ2) is 9.34. The summed E-state index contributed by atoms with van der Waals surface area (Å²) in [7, 11) is 1.67. The predicted molar refractivity (Wildman–Crippen MR) is 79.1 cm³/mol. The summed E-state index contributed by atoms with van der Waals surface area (Å²) in [5.74, 6) is -0.794. The third-order valence-electron chi connectivity index (χ3n) is 2.66. The zero-order chi connectivity index (χ0) is 14.8. The van der Waals surface area contributed by atoms with Gasteiger partial charge in [-0.15, -0.1) is 6.58 Å². The standard InChI is InChI=1S/C16H24O3/c1-6-7-15(19-5)11-13(3)9-8-12(2)10-14(4)16(17)18/h6,8-12,15H,1,7H2,2-5H3,(H,17,18)/b9-8+,13-11+,14-10+/t12-,15+/m1/s1. The minimum Gasteiger partial charge on any atom is -0.478 e. The molecule has 106 valence electrons. The van der Waals surface area contributed by atoms with E-state index in [1.807, 2.05) is 38.2 Å². The molecule has 0 fully saturated rings. The first-order valence-electron chi connectivity index (χ1n) is 6.32. The summed E-state index contributed by atoms with van der Waals surface area (Å²) in [6.07, 6.45) is 10.3. The number of hydrogen-bond acceptors (Lipinski definition) is 2. The topological polar surface area (TPSA) is 46.5 Å². The zero-order valence-corrected chi connectivity index (χ0v) is 12.2. The minimum absolute atomic E-state index is 0.0359. The fourth-order valence-corrected chi connectivity index (χ4v) is 1.57. The van der Waals surface area contributed by atoms with E-state index in [0.29, 0.717) is 5.57 Å². The van der Waals surface area contributed by atoms with Crippen LogP contribution in [-0.4, -0.2) is 24.3 Å². The van der Waals surface area contributed by atoms with Gasteiger partial charge < -0.3 is 9.84 Å². The van der Waals surface area contributed by atoms with E-state index in [1.54, 1.807) is 20.1 Å². The van der Waals surface area contributed by atoms with Gasteiger partial charge in [-0.2, -0.15) is 0 Å². The Balaban J connectivity index is 4.61. The molecule has 0 aromatic carbocycles. The van der Waals surface area contributed by atoms with Crippen LogP contribution in [-0.2, 0) is 9.53 Å². The molecule has 0 amide bonds. The summed E-state index contributed by atoms with van der Waals surface area (Å²) in [6, 6.07) is 0. The highest BCUT2D eigenvalue weighted by Crippen LogP contribution is 2.09. The highest BCUT2D eigenvalue weighted by molar-refractivity contribution is 5.85. The lowest BCUT2D eigenvalue weighted by molar-refractivity contribution is -0.132. The van der Waals surface area contributed by atoms with E-state index in [2.05, 4.69) is 6.58 Å². The largest absolute Gasteiger partial charge is 0.478 e. The fraction of sp³-hybridized carbons (Fsp3) is 0.438. The summed E-state index contributed by atoms with van der Waals surface area (Å²) < 4.78 is 5.29. The SMILES string of the molecule is C=CC[C@@H](/C=C(C)/C=C/[C@@H](C)/C=C(\C)C(=O)O)OC.